The molecule has 0 unspecified atom stereocenters. The minimum Gasteiger partial charge on any atom is -0.511 e. The molecule has 1 atom stereocenters. The van der Waals surface area contributed by atoms with Crippen molar-refractivity contribution in [3.8, 4) is 0 Å². The van der Waals surface area contributed by atoms with Crippen LogP contribution in [0.25, 0.3) is 0 Å². The largest absolute Gasteiger partial charge is 0.511 e. The van der Waals surface area contributed by atoms with Gasteiger partial charge in [0.25, 0.3) is 0 Å². The summed E-state index contributed by atoms with van der Waals surface area (Å²) in [6.07, 6.45) is 5.05. The van der Waals surface area contributed by atoms with E-state index in [4.69, 9.17) is 21.2 Å². The number of rotatable bonds is 6. The van der Waals surface area contributed by atoms with Crippen LogP contribution in [0.3, 0.4) is 0 Å². The minimum absolute atomic E-state index is 0.0395. The topological polar surface area (TPSA) is 68.1 Å². The first kappa shape index (κ1) is 18.0. The molecule has 1 N–H and O–H groups in total. The second-order valence-corrected chi connectivity index (χ2v) is 6.16. The summed E-state index contributed by atoms with van der Waals surface area (Å²) in [5, 5.41) is 14.4. The third-order valence-corrected chi connectivity index (χ3v) is 4.64. The first-order chi connectivity index (χ1) is 11.2. The molecule has 0 bridgehead atoms. The summed E-state index contributed by atoms with van der Waals surface area (Å²) < 4.78 is 5.38. The van der Waals surface area contributed by atoms with Gasteiger partial charge in [0, 0.05) is 31.6 Å². The molecule has 1 saturated heterocycles. The second kappa shape index (κ2) is 9.08. The summed E-state index contributed by atoms with van der Waals surface area (Å²) >= 11 is 5.41. The van der Waals surface area contributed by atoms with E-state index < -0.39 is 0 Å². The highest BCUT2D eigenvalue weighted by atomic mass is 35.5. The Bertz CT molecular complexity index is 507. The number of ketones is 1. The molecular weight excluding hydrogens is 318 g/mol. The van der Waals surface area contributed by atoms with E-state index in [0.717, 1.165) is 26.1 Å². The third kappa shape index (κ3) is 4.82. The van der Waals surface area contributed by atoms with Crippen LogP contribution < -0.4 is 0 Å². The fourth-order valence-corrected chi connectivity index (χ4v) is 3.33. The first-order valence-electron chi connectivity index (χ1n) is 8.14. The predicted octanol–water partition coefficient (Wildman–Crippen LogP) is 3.74. The Morgan fingerprint density at radius 1 is 1.39 bits per heavy atom. The smallest absolute Gasteiger partial charge is 0.168 e. The summed E-state index contributed by atoms with van der Waals surface area (Å²) in [5.41, 5.74) is 2.19. The molecule has 0 aromatic carbocycles. The molecule has 1 fully saturated rings. The average molecular weight is 342 g/mol. The van der Waals surface area contributed by atoms with Gasteiger partial charge in [-0.3, -0.25) is 4.79 Å². The molecular formula is C17H24ClNO4. The van der Waals surface area contributed by atoms with Gasteiger partial charge in [-0.25, -0.2) is 0 Å². The van der Waals surface area contributed by atoms with E-state index in [2.05, 4.69) is 5.16 Å². The van der Waals surface area contributed by atoms with E-state index in [1.165, 1.54) is 5.54 Å². The lowest BCUT2D eigenvalue weighted by molar-refractivity contribution is -0.117. The monoisotopic (exact) mass is 341 g/mol. The molecule has 1 aliphatic carbocycles. The molecule has 23 heavy (non-hydrogen) atoms. The Kier molecular flexibility index (Phi) is 7.12. The van der Waals surface area contributed by atoms with E-state index in [-0.39, 0.29) is 24.1 Å². The highest BCUT2D eigenvalue weighted by molar-refractivity contribution is 6.25. The van der Waals surface area contributed by atoms with E-state index in [9.17, 15) is 9.90 Å². The van der Waals surface area contributed by atoms with Gasteiger partial charge in [0.1, 0.15) is 12.4 Å². The number of Topliss-reactive ketones (excluding diaryl/α,β-unsaturated/α-hetero) is 1. The average Bonchev–Trinajstić information content (AvgIpc) is 2.57. The summed E-state index contributed by atoms with van der Waals surface area (Å²) in [6, 6.07) is 0. The zero-order chi connectivity index (χ0) is 16.7. The minimum atomic E-state index is -0.0395. The lowest BCUT2D eigenvalue weighted by Crippen LogP contribution is -2.31. The van der Waals surface area contributed by atoms with Gasteiger partial charge >= 0.3 is 0 Å². The Hall–Kier alpha value is -1.33. The number of aliphatic hydroxyl groups is 1. The number of aliphatic hydroxyl groups excluding tert-OH is 1. The maximum Gasteiger partial charge on any atom is 0.168 e. The zero-order valence-electron chi connectivity index (χ0n) is 13.5. The van der Waals surface area contributed by atoms with Crippen LogP contribution in [-0.4, -0.2) is 36.4 Å². The van der Waals surface area contributed by atoms with Crippen molar-refractivity contribution in [1.82, 2.24) is 0 Å². The summed E-state index contributed by atoms with van der Waals surface area (Å²) in [7, 11) is 0. The van der Waals surface area contributed by atoms with Gasteiger partial charge < -0.3 is 14.7 Å². The van der Waals surface area contributed by atoms with Crippen LogP contribution >= 0.6 is 11.6 Å². The Labute approximate surface area is 142 Å². The van der Waals surface area contributed by atoms with E-state index in [0.29, 0.717) is 36.5 Å². The first-order valence-corrected chi connectivity index (χ1v) is 8.58. The van der Waals surface area contributed by atoms with Crippen LogP contribution in [0, 0.1) is 11.8 Å². The van der Waals surface area contributed by atoms with Crippen molar-refractivity contribution in [3.05, 3.63) is 22.9 Å². The van der Waals surface area contributed by atoms with Crippen LogP contribution in [-0.2, 0) is 14.4 Å². The molecule has 0 spiro atoms. The third-order valence-electron chi connectivity index (χ3n) is 4.46. The van der Waals surface area contributed by atoms with Crippen LogP contribution in [0.4, 0.5) is 0 Å². The lowest BCUT2D eigenvalue weighted by Gasteiger charge is -2.32. The predicted molar refractivity (Wildman–Crippen MR) is 89.6 cm³/mol. The molecule has 1 aliphatic heterocycles. The molecule has 0 saturated carbocycles. The molecule has 6 heteroatoms. The number of ether oxygens (including phenoxy) is 1. The molecule has 0 amide bonds. The maximum atomic E-state index is 12.5. The van der Waals surface area contributed by atoms with Crippen molar-refractivity contribution < 1.29 is 19.5 Å². The van der Waals surface area contributed by atoms with Crippen molar-refractivity contribution in [2.45, 2.75) is 39.0 Å². The quantitative estimate of drug-likeness (QED) is 0.454. The number of allylic oxidation sites excluding steroid dienone is 2. The van der Waals surface area contributed by atoms with Crippen LogP contribution in [0.5, 0.6) is 0 Å². The van der Waals surface area contributed by atoms with Gasteiger partial charge in [0.15, 0.2) is 5.78 Å². The summed E-state index contributed by atoms with van der Waals surface area (Å²) in [5.74, 6) is 0.758. The van der Waals surface area contributed by atoms with Gasteiger partial charge in [-0.1, -0.05) is 23.7 Å². The van der Waals surface area contributed by atoms with Gasteiger partial charge in [-0.05, 0) is 37.2 Å². The second-order valence-electron chi connectivity index (χ2n) is 5.91. The number of carbonyl (C=O) groups excluding carboxylic acids is 1. The zero-order valence-corrected chi connectivity index (χ0v) is 14.2. The Balaban J connectivity index is 2.09. The van der Waals surface area contributed by atoms with Crippen molar-refractivity contribution in [3.63, 3.8) is 0 Å². The maximum absolute atomic E-state index is 12.5. The van der Waals surface area contributed by atoms with Crippen molar-refractivity contribution >= 4 is 23.1 Å². The van der Waals surface area contributed by atoms with Gasteiger partial charge in [0.05, 0.1) is 11.3 Å². The van der Waals surface area contributed by atoms with Crippen LogP contribution in [0.1, 0.15) is 39.0 Å². The van der Waals surface area contributed by atoms with E-state index in [1.807, 2.05) is 6.92 Å². The highest BCUT2D eigenvalue weighted by Gasteiger charge is 2.34. The van der Waals surface area contributed by atoms with E-state index >= 15 is 0 Å². The fraction of sp³-hybridized carbons (Fsp3) is 0.647. The molecule has 5 nitrogen and oxygen atoms in total. The standard InChI is InChI=1S/C17H24ClNO4/c1-2-14(19-23-7-3-6-18)17-15(20)10-13(11-16(17)21)12-4-8-22-9-5-12/h3,6,12-13,20H,2,4-5,7-11H2,1H3/b6-3+,19-14-/t13-/m1/s1. The van der Waals surface area contributed by atoms with Gasteiger partial charge in [-0.2, -0.15) is 0 Å². The normalized spacial score (nSPS) is 24.5. The number of carbonyl (C=O) groups is 1. The molecule has 0 aromatic rings. The molecule has 0 radical (unpaired) electrons. The summed E-state index contributed by atoms with van der Waals surface area (Å²) in [4.78, 5) is 17.6. The number of nitrogens with zero attached hydrogens (tertiary/aromatic N) is 1. The number of halogens is 1. The highest BCUT2D eigenvalue weighted by Crippen LogP contribution is 2.36. The SMILES string of the molecule is CC/C(=N/OC/C=C/Cl)C1=C(O)C[C@@H](C2CCOCC2)CC1=O. The summed E-state index contributed by atoms with van der Waals surface area (Å²) in [6.45, 7) is 3.62. The number of hydrogen-bond acceptors (Lipinski definition) is 5. The Morgan fingerprint density at radius 3 is 2.74 bits per heavy atom. The molecule has 1 heterocycles. The van der Waals surface area contributed by atoms with Gasteiger partial charge in [0.2, 0.25) is 0 Å². The fourth-order valence-electron chi connectivity index (χ4n) is 3.25. The number of hydrogen-bond donors (Lipinski definition) is 1. The van der Waals surface area contributed by atoms with Crippen LogP contribution in [0.2, 0.25) is 0 Å². The molecule has 2 rings (SSSR count). The molecule has 0 aromatic heterocycles. The van der Waals surface area contributed by atoms with Crippen molar-refractivity contribution in [2.75, 3.05) is 19.8 Å². The van der Waals surface area contributed by atoms with Crippen LogP contribution in [0.15, 0.2) is 28.1 Å². The number of oxime groups is 1. The van der Waals surface area contributed by atoms with Gasteiger partial charge in [-0.15, -0.1) is 0 Å². The van der Waals surface area contributed by atoms with Crippen molar-refractivity contribution in [1.29, 1.82) is 0 Å². The molecule has 2 aliphatic rings. The lowest BCUT2D eigenvalue weighted by atomic mass is 9.75. The van der Waals surface area contributed by atoms with E-state index in [1.54, 1.807) is 6.08 Å². The van der Waals surface area contributed by atoms with Crippen molar-refractivity contribution in [2.24, 2.45) is 17.0 Å². The molecule has 128 valence electrons. The Morgan fingerprint density at radius 2 is 2.13 bits per heavy atom.